The summed E-state index contributed by atoms with van der Waals surface area (Å²) in [5.74, 6) is 0. The summed E-state index contributed by atoms with van der Waals surface area (Å²) in [7, 11) is 0. The average molecular weight is 326 g/mol. The standard InChI is InChI=1S/C17H28BrN/c1-5-6-7-12-17(3,4)13-19-14(2)15-8-10-16(18)11-9-15/h8-11,14,19H,5-7,12-13H2,1-4H3. The van der Waals surface area contributed by atoms with Crippen LogP contribution in [-0.2, 0) is 0 Å². The molecule has 2 heteroatoms. The molecule has 0 amide bonds. The van der Waals surface area contributed by atoms with E-state index in [-0.39, 0.29) is 0 Å². The summed E-state index contributed by atoms with van der Waals surface area (Å²) < 4.78 is 1.14. The molecule has 1 aromatic carbocycles. The second kappa shape index (κ2) is 8.06. The molecule has 0 aromatic heterocycles. The van der Waals surface area contributed by atoms with Gasteiger partial charge in [0.05, 0.1) is 0 Å². The van der Waals surface area contributed by atoms with Crippen molar-refractivity contribution in [2.24, 2.45) is 5.41 Å². The number of hydrogen-bond acceptors (Lipinski definition) is 1. The molecule has 1 atom stereocenters. The first-order valence-electron chi connectivity index (χ1n) is 7.43. The predicted molar refractivity (Wildman–Crippen MR) is 88.5 cm³/mol. The molecule has 0 bridgehead atoms. The number of nitrogens with one attached hydrogen (secondary N) is 1. The zero-order valence-electron chi connectivity index (χ0n) is 12.8. The number of unbranched alkanes of at least 4 members (excludes halogenated alkanes) is 2. The van der Waals surface area contributed by atoms with Gasteiger partial charge in [-0.25, -0.2) is 0 Å². The Morgan fingerprint density at radius 3 is 2.37 bits per heavy atom. The van der Waals surface area contributed by atoms with Crippen LogP contribution in [0.15, 0.2) is 28.7 Å². The summed E-state index contributed by atoms with van der Waals surface area (Å²) in [5.41, 5.74) is 1.74. The second-order valence-electron chi connectivity index (χ2n) is 6.28. The van der Waals surface area contributed by atoms with Gasteiger partial charge in [-0.15, -0.1) is 0 Å². The minimum atomic E-state index is 0.388. The lowest BCUT2D eigenvalue weighted by atomic mass is 9.86. The molecule has 0 saturated carbocycles. The van der Waals surface area contributed by atoms with Gasteiger partial charge in [0, 0.05) is 17.1 Å². The third kappa shape index (κ3) is 6.58. The second-order valence-corrected chi connectivity index (χ2v) is 7.19. The Hall–Kier alpha value is -0.340. The van der Waals surface area contributed by atoms with Crippen LogP contribution in [-0.4, -0.2) is 6.54 Å². The highest BCUT2D eigenvalue weighted by molar-refractivity contribution is 9.10. The Labute approximate surface area is 127 Å². The van der Waals surface area contributed by atoms with Gasteiger partial charge in [-0.2, -0.15) is 0 Å². The molecule has 0 aliphatic rings. The van der Waals surface area contributed by atoms with Crippen LogP contribution >= 0.6 is 15.9 Å². The van der Waals surface area contributed by atoms with Crippen molar-refractivity contribution in [3.05, 3.63) is 34.3 Å². The highest BCUT2D eigenvalue weighted by Gasteiger charge is 2.18. The largest absolute Gasteiger partial charge is 0.310 e. The predicted octanol–water partition coefficient (Wildman–Crippen LogP) is 5.71. The van der Waals surface area contributed by atoms with E-state index in [0.29, 0.717) is 11.5 Å². The maximum atomic E-state index is 3.67. The van der Waals surface area contributed by atoms with Gasteiger partial charge in [-0.1, -0.05) is 68.1 Å². The number of benzene rings is 1. The summed E-state index contributed by atoms with van der Waals surface area (Å²) in [5, 5.41) is 3.67. The summed E-state index contributed by atoms with van der Waals surface area (Å²) in [6, 6.07) is 9.01. The topological polar surface area (TPSA) is 12.0 Å². The Morgan fingerprint density at radius 1 is 1.16 bits per heavy atom. The minimum absolute atomic E-state index is 0.388. The molecule has 19 heavy (non-hydrogen) atoms. The molecule has 1 aromatic rings. The van der Waals surface area contributed by atoms with Crippen LogP contribution in [0.4, 0.5) is 0 Å². The normalized spacial score (nSPS) is 13.5. The maximum Gasteiger partial charge on any atom is 0.0292 e. The first-order valence-corrected chi connectivity index (χ1v) is 8.23. The van der Waals surface area contributed by atoms with Gasteiger partial charge in [-0.3, -0.25) is 0 Å². The van der Waals surface area contributed by atoms with Gasteiger partial charge < -0.3 is 5.32 Å². The Balaban J connectivity index is 2.40. The monoisotopic (exact) mass is 325 g/mol. The zero-order chi connectivity index (χ0) is 14.3. The van der Waals surface area contributed by atoms with Gasteiger partial charge in [0.15, 0.2) is 0 Å². The van der Waals surface area contributed by atoms with E-state index >= 15 is 0 Å². The number of halogens is 1. The van der Waals surface area contributed by atoms with Crippen molar-refractivity contribution in [1.82, 2.24) is 5.32 Å². The Kier molecular flexibility index (Phi) is 7.09. The summed E-state index contributed by atoms with van der Waals surface area (Å²) in [4.78, 5) is 0. The van der Waals surface area contributed by atoms with Crippen LogP contribution in [0.2, 0.25) is 0 Å². The molecule has 1 N–H and O–H groups in total. The fourth-order valence-corrected chi connectivity index (χ4v) is 2.50. The molecule has 0 radical (unpaired) electrons. The molecule has 1 nitrogen and oxygen atoms in total. The smallest absolute Gasteiger partial charge is 0.0292 e. The highest BCUT2D eigenvalue weighted by atomic mass is 79.9. The van der Waals surface area contributed by atoms with E-state index in [4.69, 9.17) is 0 Å². The van der Waals surface area contributed by atoms with Crippen LogP contribution in [0.5, 0.6) is 0 Å². The first-order chi connectivity index (χ1) is 8.94. The lowest BCUT2D eigenvalue weighted by Crippen LogP contribution is -2.31. The van der Waals surface area contributed by atoms with Crippen molar-refractivity contribution < 1.29 is 0 Å². The SMILES string of the molecule is CCCCCC(C)(C)CNC(C)c1ccc(Br)cc1. The van der Waals surface area contributed by atoms with Gasteiger partial charge in [0.2, 0.25) is 0 Å². The fraction of sp³-hybridized carbons (Fsp3) is 0.647. The molecular weight excluding hydrogens is 298 g/mol. The van der Waals surface area contributed by atoms with Gasteiger partial charge >= 0.3 is 0 Å². The van der Waals surface area contributed by atoms with Crippen LogP contribution in [0.25, 0.3) is 0 Å². The van der Waals surface area contributed by atoms with Crippen molar-refractivity contribution in [1.29, 1.82) is 0 Å². The fourth-order valence-electron chi connectivity index (χ4n) is 2.24. The van der Waals surface area contributed by atoms with Crippen LogP contribution in [0.1, 0.15) is 65.0 Å². The van der Waals surface area contributed by atoms with Crippen molar-refractivity contribution >= 4 is 15.9 Å². The van der Waals surface area contributed by atoms with Gasteiger partial charge in [0.25, 0.3) is 0 Å². The van der Waals surface area contributed by atoms with Crippen molar-refractivity contribution in [3.63, 3.8) is 0 Å². The van der Waals surface area contributed by atoms with E-state index in [1.54, 1.807) is 0 Å². The molecule has 1 unspecified atom stereocenters. The molecule has 108 valence electrons. The summed E-state index contributed by atoms with van der Waals surface area (Å²) in [6.45, 7) is 10.3. The third-order valence-corrected chi connectivity index (χ3v) is 4.24. The molecule has 1 rings (SSSR count). The Bertz CT molecular complexity index is 356. The summed E-state index contributed by atoms with van der Waals surface area (Å²) >= 11 is 3.48. The zero-order valence-corrected chi connectivity index (χ0v) is 14.4. The molecule has 0 heterocycles. The highest BCUT2D eigenvalue weighted by Crippen LogP contribution is 2.24. The average Bonchev–Trinajstić information content (AvgIpc) is 2.37. The molecule has 0 spiro atoms. The van der Waals surface area contributed by atoms with E-state index in [1.165, 1.54) is 31.2 Å². The number of rotatable bonds is 8. The van der Waals surface area contributed by atoms with Crippen molar-refractivity contribution in [2.75, 3.05) is 6.54 Å². The van der Waals surface area contributed by atoms with Crippen LogP contribution in [0.3, 0.4) is 0 Å². The van der Waals surface area contributed by atoms with Gasteiger partial charge in [-0.05, 0) is 36.5 Å². The van der Waals surface area contributed by atoms with E-state index in [1.807, 2.05) is 0 Å². The summed E-state index contributed by atoms with van der Waals surface area (Å²) in [6.07, 6.45) is 5.31. The van der Waals surface area contributed by atoms with Crippen molar-refractivity contribution in [2.45, 2.75) is 59.4 Å². The lowest BCUT2D eigenvalue weighted by Gasteiger charge is -2.27. The molecular formula is C17H28BrN. The van der Waals surface area contributed by atoms with E-state index in [9.17, 15) is 0 Å². The van der Waals surface area contributed by atoms with E-state index in [2.05, 4.69) is 73.2 Å². The van der Waals surface area contributed by atoms with Crippen molar-refractivity contribution in [3.8, 4) is 0 Å². The Morgan fingerprint density at radius 2 is 1.79 bits per heavy atom. The van der Waals surface area contributed by atoms with Crippen LogP contribution < -0.4 is 5.32 Å². The molecule has 0 fully saturated rings. The third-order valence-electron chi connectivity index (χ3n) is 3.71. The molecule has 0 aliphatic heterocycles. The quantitative estimate of drug-likeness (QED) is 0.604. The molecule has 0 aliphatic carbocycles. The van der Waals surface area contributed by atoms with Crippen LogP contribution in [0, 0.1) is 5.41 Å². The minimum Gasteiger partial charge on any atom is -0.310 e. The maximum absolute atomic E-state index is 3.67. The molecule has 0 saturated heterocycles. The number of hydrogen-bond donors (Lipinski definition) is 1. The lowest BCUT2D eigenvalue weighted by molar-refractivity contribution is 0.291. The van der Waals surface area contributed by atoms with E-state index in [0.717, 1.165) is 11.0 Å². The van der Waals surface area contributed by atoms with E-state index < -0.39 is 0 Å². The first kappa shape index (κ1) is 16.7. The van der Waals surface area contributed by atoms with Gasteiger partial charge in [0.1, 0.15) is 0 Å².